The van der Waals surface area contributed by atoms with Crippen LogP contribution in [0.1, 0.15) is 57.1 Å². The van der Waals surface area contributed by atoms with Gasteiger partial charge in [0.25, 0.3) is 0 Å². The third kappa shape index (κ3) is 2.99. The summed E-state index contributed by atoms with van der Waals surface area (Å²) in [7, 11) is 0. The van der Waals surface area contributed by atoms with Gasteiger partial charge in [-0.25, -0.2) is 0 Å². The monoisotopic (exact) mass is 260 g/mol. The third-order valence-electron chi connectivity index (χ3n) is 4.04. The van der Waals surface area contributed by atoms with Crippen LogP contribution in [0.25, 0.3) is 0 Å². The molecule has 0 spiro atoms. The van der Waals surface area contributed by atoms with Crippen LogP contribution in [0.5, 0.6) is 0 Å². The number of hydrogen-bond acceptors (Lipinski definition) is 2. The van der Waals surface area contributed by atoms with Gasteiger partial charge in [-0.1, -0.05) is 49.1 Å². The fraction of sp³-hybridized carbons (Fsp3) is 0.588. The highest BCUT2D eigenvalue weighted by molar-refractivity contribution is 5.83. The van der Waals surface area contributed by atoms with E-state index in [-0.39, 0.29) is 12.1 Å². The van der Waals surface area contributed by atoms with E-state index >= 15 is 0 Å². The lowest BCUT2D eigenvalue weighted by Gasteiger charge is -2.36. The van der Waals surface area contributed by atoms with Crippen molar-refractivity contribution in [3.63, 3.8) is 0 Å². The van der Waals surface area contributed by atoms with E-state index in [2.05, 4.69) is 31.2 Å². The Kier molecular flexibility index (Phi) is 4.28. The van der Waals surface area contributed by atoms with Crippen molar-refractivity contribution in [1.82, 2.24) is 0 Å². The minimum atomic E-state index is -0.407. The van der Waals surface area contributed by atoms with E-state index in [4.69, 9.17) is 4.74 Å². The Bertz CT molecular complexity index is 425. The highest BCUT2D eigenvalue weighted by atomic mass is 16.5. The first-order chi connectivity index (χ1) is 9.04. The summed E-state index contributed by atoms with van der Waals surface area (Å²) in [6, 6.07) is 8.38. The van der Waals surface area contributed by atoms with Crippen molar-refractivity contribution in [1.29, 1.82) is 0 Å². The second-order valence-electron chi connectivity index (χ2n) is 5.96. The van der Waals surface area contributed by atoms with Crippen LogP contribution in [0.3, 0.4) is 0 Å². The van der Waals surface area contributed by atoms with Gasteiger partial charge in [-0.2, -0.15) is 0 Å². The van der Waals surface area contributed by atoms with Gasteiger partial charge in [-0.3, -0.25) is 4.79 Å². The molecule has 0 amide bonds. The molecule has 0 saturated heterocycles. The lowest BCUT2D eigenvalue weighted by molar-refractivity contribution is -0.156. The number of esters is 1. The van der Waals surface area contributed by atoms with Gasteiger partial charge >= 0.3 is 5.97 Å². The molecule has 2 nitrogen and oxygen atoms in total. The number of carbonyl (C=O) groups excluding carboxylic acids is 1. The van der Waals surface area contributed by atoms with Crippen LogP contribution >= 0.6 is 0 Å². The second kappa shape index (κ2) is 5.77. The average molecular weight is 260 g/mol. The summed E-state index contributed by atoms with van der Waals surface area (Å²) >= 11 is 0. The van der Waals surface area contributed by atoms with Gasteiger partial charge in [0.05, 0.1) is 11.5 Å². The van der Waals surface area contributed by atoms with Crippen LogP contribution in [0.15, 0.2) is 24.3 Å². The highest BCUT2D eigenvalue weighted by Crippen LogP contribution is 2.40. The van der Waals surface area contributed by atoms with Gasteiger partial charge in [-0.15, -0.1) is 0 Å². The topological polar surface area (TPSA) is 26.3 Å². The standard InChI is InChI=1S/C17H24O2/c1-13(2)19-16(18)17(11-5-4-6-12-17)15-9-7-14(3)8-10-15/h7-10,13H,4-6,11-12H2,1-3H3. The van der Waals surface area contributed by atoms with E-state index in [1.165, 1.54) is 12.0 Å². The first kappa shape index (κ1) is 14.1. The Morgan fingerprint density at radius 3 is 2.21 bits per heavy atom. The van der Waals surface area contributed by atoms with E-state index < -0.39 is 5.41 Å². The number of rotatable bonds is 3. The van der Waals surface area contributed by atoms with E-state index in [9.17, 15) is 4.79 Å². The van der Waals surface area contributed by atoms with Gasteiger partial charge < -0.3 is 4.74 Å². The predicted molar refractivity (Wildman–Crippen MR) is 77.2 cm³/mol. The number of aryl methyl sites for hydroxylation is 1. The summed E-state index contributed by atoms with van der Waals surface area (Å²) in [4.78, 5) is 12.6. The summed E-state index contributed by atoms with van der Waals surface area (Å²) in [6.45, 7) is 5.91. The van der Waals surface area contributed by atoms with Crippen LogP contribution in [-0.2, 0) is 14.9 Å². The summed E-state index contributed by atoms with van der Waals surface area (Å²) in [5, 5.41) is 0. The molecule has 0 N–H and O–H groups in total. The molecule has 1 aliphatic carbocycles. The van der Waals surface area contributed by atoms with Crippen LogP contribution in [0.4, 0.5) is 0 Å². The smallest absolute Gasteiger partial charge is 0.316 e. The van der Waals surface area contributed by atoms with Crippen LogP contribution < -0.4 is 0 Å². The Morgan fingerprint density at radius 2 is 1.68 bits per heavy atom. The Morgan fingerprint density at radius 1 is 1.11 bits per heavy atom. The fourth-order valence-electron chi connectivity index (χ4n) is 2.97. The van der Waals surface area contributed by atoms with Crippen molar-refractivity contribution in [2.75, 3.05) is 0 Å². The molecular formula is C17H24O2. The maximum Gasteiger partial charge on any atom is 0.316 e. The van der Waals surface area contributed by atoms with E-state index in [0.717, 1.165) is 31.2 Å². The molecule has 1 aliphatic rings. The maximum atomic E-state index is 12.6. The number of ether oxygens (including phenoxy) is 1. The Labute approximate surface area is 116 Å². The SMILES string of the molecule is Cc1ccc(C2(C(=O)OC(C)C)CCCCC2)cc1. The largest absolute Gasteiger partial charge is 0.462 e. The minimum Gasteiger partial charge on any atom is -0.462 e. The number of benzene rings is 1. The molecule has 0 aliphatic heterocycles. The molecule has 0 bridgehead atoms. The molecule has 1 aromatic carbocycles. The molecule has 0 atom stereocenters. The van der Waals surface area contributed by atoms with Crippen molar-refractivity contribution in [3.8, 4) is 0 Å². The molecular weight excluding hydrogens is 236 g/mol. The molecule has 0 radical (unpaired) electrons. The number of hydrogen-bond donors (Lipinski definition) is 0. The van der Waals surface area contributed by atoms with Crippen molar-refractivity contribution in [2.24, 2.45) is 0 Å². The van der Waals surface area contributed by atoms with Crippen molar-refractivity contribution >= 4 is 5.97 Å². The molecule has 0 unspecified atom stereocenters. The number of carbonyl (C=O) groups is 1. The van der Waals surface area contributed by atoms with Gasteiger partial charge in [0.1, 0.15) is 0 Å². The first-order valence-electron chi connectivity index (χ1n) is 7.33. The Hall–Kier alpha value is -1.31. The second-order valence-corrected chi connectivity index (χ2v) is 5.96. The van der Waals surface area contributed by atoms with Gasteiger partial charge in [0, 0.05) is 0 Å². The lowest BCUT2D eigenvalue weighted by atomic mass is 9.69. The maximum absolute atomic E-state index is 12.6. The van der Waals surface area contributed by atoms with Crippen LogP contribution in [0, 0.1) is 6.92 Å². The normalized spacial score (nSPS) is 18.3. The molecule has 0 aromatic heterocycles. The predicted octanol–water partition coefficient (Wildman–Crippen LogP) is 4.15. The van der Waals surface area contributed by atoms with Crippen molar-refractivity contribution in [2.45, 2.75) is 64.4 Å². The quantitative estimate of drug-likeness (QED) is 0.763. The molecule has 2 heteroatoms. The highest BCUT2D eigenvalue weighted by Gasteiger charge is 2.42. The van der Waals surface area contributed by atoms with Gasteiger partial charge in [0.15, 0.2) is 0 Å². The average Bonchev–Trinajstić information content (AvgIpc) is 2.39. The minimum absolute atomic E-state index is 0.0361. The first-order valence-corrected chi connectivity index (χ1v) is 7.33. The van der Waals surface area contributed by atoms with Gasteiger partial charge in [-0.05, 0) is 39.2 Å². The molecule has 1 fully saturated rings. The summed E-state index contributed by atoms with van der Waals surface area (Å²) in [5.41, 5.74) is 1.95. The van der Waals surface area contributed by atoms with E-state index in [1.54, 1.807) is 0 Å². The van der Waals surface area contributed by atoms with E-state index in [1.807, 2.05) is 13.8 Å². The molecule has 0 heterocycles. The van der Waals surface area contributed by atoms with E-state index in [0.29, 0.717) is 0 Å². The summed E-state index contributed by atoms with van der Waals surface area (Å²) < 4.78 is 5.54. The molecule has 2 rings (SSSR count). The lowest BCUT2D eigenvalue weighted by Crippen LogP contribution is -2.40. The summed E-state index contributed by atoms with van der Waals surface area (Å²) in [6.07, 6.45) is 5.24. The Balaban J connectivity index is 2.33. The van der Waals surface area contributed by atoms with Crippen LogP contribution in [0.2, 0.25) is 0 Å². The third-order valence-corrected chi connectivity index (χ3v) is 4.04. The van der Waals surface area contributed by atoms with Crippen molar-refractivity contribution in [3.05, 3.63) is 35.4 Å². The molecule has 1 aromatic rings. The summed E-state index contributed by atoms with van der Waals surface area (Å²) in [5.74, 6) is -0.0361. The zero-order valence-electron chi connectivity index (χ0n) is 12.2. The zero-order chi connectivity index (χ0) is 13.9. The molecule has 104 valence electrons. The molecule has 19 heavy (non-hydrogen) atoms. The fourth-order valence-corrected chi connectivity index (χ4v) is 2.97. The van der Waals surface area contributed by atoms with Crippen molar-refractivity contribution < 1.29 is 9.53 Å². The molecule has 1 saturated carbocycles. The zero-order valence-corrected chi connectivity index (χ0v) is 12.2. The van der Waals surface area contributed by atoms with Gasteiger partial charge in [0.2, 0.25) is 0 Å². The van der Waals surface area contributed by atoms with Crippen LogP contribution in [-0.4, -0.2) is 12.1 Å².